The molecule has 0 spiro atoms. The number of aromatic nitrogens is 3. The number of ether oxygens (including phenoxy) is 2. The summed E-state index contributed by atoms with van der Waals surface area (Å²) in [5, 5.41) is 13.1. The molecule has 4 aromatic rings. The fraction of sp³-hybridized carbons (Fsp3) is 0.150. The van der Waals surface area contributed by atoms with E-state index in [1.54, 1.807) is 29.5 Å². The van der Waals surface area contributed by atoms with Gasteiger partial charge in [0.25, 0.3) is 0 Å². The summed E-state index contributed by atoms with van der Waals surface area (Å²) in [6.45, 7) is 2.27. The van der Waals surface area contributed by atoms with Crippen LogP contribution in [0.2, 0.25) is 0 Å². The van der Waals surface area contributed by atoms with Gasteiger partial charge in [-0.1, -0.05) is 41.2 Å². The monoisotopic (exact) mass is 425 g/mol. The lowest BCUT2D eigenvalue weighted by Crippen LogP contribution is -2.23. The third-order valence-electron chi connectivity index (χ3n) is 4.50. The average molecular weight is 426 g/mol. The molecule has 0 saturated carbocycles. The van der Waals surface area contributed by atoms with Crippen LogP contribution < -0.4 is 19.2 Å². The molecule has 2 aromatic carbocycles. The second-order valence-corrected chi connectivity index (χ2v) is 8.34. The second-order valence-electron chi connectivity index (χ2n) is 6.54. The molecule has 0 saturated heterocycles. The van der Waals surface area contributed by atoms with E-state index in [0.29, 0.717) is 17.2 Å². The van der Waals surface area contributed by atoms with E-state index in [-0.39, 0.29) is 18.5 Å². The summed E-state index contributed by atoms with van der Waals surface area (Å²) in [7, 11) is 0. The number of nitrogens with zero attached hydrogens (tertiary/aromatic N) is 2. The Morgan fingerprint density at radius 2 is 2.07 bits per heavy atom. The molecule has 29 heavy (non-hydrogen) atoms. The summed E-state index contributed by atoms with van der Waals surface area (Å²) < 4.78 is 12.7. The number of anilines is 1. The molecule has 0 bridgehead atoms. The first kappa shape index (κ1) is 18.0. The van der Waals surface area contributed by atoms with Gasteiger partial charge in [0.2, 0.25) is 12.7 Å². The Bertz CT molecular complexity index is 1200. The van der Waals surface area contributed by atoms with Gasteiger partial charge in [-0.3, -0.25) is 4.79 Å². The topological polar surface area (TPSA) is 80.3 Å². The number of nitrogens with one attached hydrogen (secondary N) is 2. The Morgan fingerprint density at radius 1 is 1.24 bits per heavy atom. The number of fused-ring (bicyclic) bond motifs is 2. The van der Waals surface area contributed by atoms with E-state index in [1.807, 2.05) is 4.40 Å². The van der Waals surface area contributed by atoms with Crippen LogP contribution >= 0.6 is 23.1 Å². The Hall–Kier alpha value is -3.04. The first-order valence-corrected chi connectivity index (χ1v) is 10.8. The number of aromatic amines is 1. The van der Waals surface area contributed by atoms with Gasteiger partial charge in [-0.25, -0.2) is 0 Å². The van der Waals surface area contributed by atoms with Crippen molar-refractivity contribution in [2.45, 2.75) is 12.1 Å². The molecule has 2 aromatic heterocycles. The fourth-order valence-corrected chi connectivity index (χ4v) is 4.73. The molecule has 3 heterocycles. The van der Waals surface area contributed by atoms with Crippen LogP contribution in [0.15, 0.2) is 53.0 Å². The number of carbonyl (C=O) groups is 1. The molecule has 1 amide bonds. The third kappa shape index (κ3) is 3.54. The lowest BCUT2D eigenvalue weighted by atomic mass is 10.1. The van der Waals surface area contributed by atoms with Crippen LogP contribution in [0.1, 0.15) is 5.56 Å². The van der Waals surface area contributed by atoms with E-state index < -0.39 is 0 Å². The summed E-state index contributed by atoms with van der Waals surface area (Å²) in [4.78, 5) is 13.4. The van der Waals surface area contributed by atoms with E-state index in [2.05, 4.69) is 52.1 Å². The number of benzene rings is 2. The minimum Gasteiger partial charge on any atom is -0.454 e. The second kappa shape index (κ2) is 7.41. The number of thioether (sulfide) groups is 1. The van der Waals surface area contributed by atoms with Crippen LogP contribution in [0.25, 0.3) is 16.2 Å². The Morgan fingerprint density at radius 3 is 2.93 bits per heavy atom. The van der Waals surface area contributed by atoms with Gasteiger partial charge in [-0.15, -0.1) is 5.10 Å². The number of amides is 1. The molecule has 0 aliphatic carbocycles. The number of thiazole rings is 1. The van der Waals surface area contributed by atoms with Gasteiger partial charge in [0.15, 0.2) is 11.5 Å². The predicted octanol–water partition coefficient (Wildman–Crippen LogP) is 3.64. The standard InChI is InChI=1S/C20H16N4O3S2/c1-12-2-4-13(5-3-12)15-9-28-19-22-23-20(24(15)19)29-10-18(25)21-14-6-7-16-17(8-14)27-11-26-16/h2-9H,10-11H2,1H3,(H,21,25)/p+1. The summed E-state index contributed by atoms with van der Waals surface area (Å²) in [6, 6.07) is 13.7. The van der Waals surface area contributed by atoms with Crippen LogP contribution in [-0.2, 0) is 4.79 Å². The van der Waals surface area contributed by atoms with E-state index in [1.165, 1.54) is 17.3 Å². The molecule has 5 rings (SSSR count). The molecule has 9 heteroatoms. The third-order valence-corrected chi connectivity index (χ3v) is 6.28. The first-order chi connectivity index (χ1) is 14.2. The number of aryl methyl sites for hydroxylation is 1. The number of hydrogen-bond acceptors (Lipinski definition) is 6. The number of hydrogen-bond donors (Lipinski definition) is 2. The van der Waals surface area contributed by atoms with Crippen molar-refractivity contribution in [3.05, 3.63) is 53.4 Å². The summed E-state index contributed by atoms with van der Waals surface area (Å²) in [5.41, 5.74) is 4.06. The van der Waals surface area contributed by atoms with E-state index in [0.717, 1.165) is 21.4 Å². The average Bonchev–Trinajstić information content (AvgIpc) is 3.43. The smallest absolute Gasteiger partial charge is 0.343 e. The fourth-order valence-electron chi connectivity index (χ4n) is 3.06. The molecule has 0 unspecified atom stereocenters. The normalized spacial score (nSPS) is 12.4. The van der Waals surface area contributed by atoms with Crippen molar-refractivity contribution in [2.24, 2.45) is 0 Å². The number of carbonyl (C=O) groups excluding carboxylic acids is 1. The van der Waals surface area contributed by atoms with Gasteiger partial charge in [-0.2, -0.15) is 4.40 Å². The van der Waals surface area contributed by atoms with Crippen LogP contribution in [0, 0.1) is 6.92 Å². The molecule has 2 N–H and O–H groups in total. The Balaban J connectivity index is 1.31. The SMILES string of the molecule is Cc1ccc(-c2csc3[nH]nc(SCC(=O)Nc4ccc5c(c4)OCO5)[n+]23)cc1. The molecule has 1 aliphatic heterocycles. The largest absolute Gasteiger partial charge is 0.454 e. The van der Waals surface area contributed by atoms with Gasteiger partial charge in [0, 0.05) is 22.7 Å². The maximum absolute atomic E-state index is 12.4. The molecule has 0 radical (unpaired) electrons. The van der Waals surface area contributed by atoms with E-state index >= 15 is 0 Å². The minimum absolute atomic E-state index is 0.113. The first-order valence-electron chi connectivity index (χ1n) is 8.94. The highest BCUT2D eigenvalue weighted by Gasteiger charge is 2.22. The minimum atomic E-state index is -0.113. The molecule has 146 valence electrons. The lowest BCUT2D eigenvalue weighted by Gasteiger charge is -2.05. The van der Waals surface area contributed by atoms with Crippen molar-refractivity contribution < 1.29 is 18.7 Å². The summed E-state index contributed by atoms with van der Waals surface area (Å²) >= 11 is 2.97. The maximum Gasteiger partial charge on any atom is 0.343 e. The molecular formula is C20H17N4O3S2+. The Kier molecular flexibility index (Phi) is 4.61. The van der Waals surface area contributed by atoms with Gasteiger partial charge in [0.1, 0.15) is 5.69 Å². The van der Waals surface area contributed by atoms with Crippen LogP contribution in [0.4, 0.5) is 5.69 Å². The maximum atomic E-state index is 12.4. The van der Waals surface area contributed by atoms with Gasteiger partial charge >= 0.3 is 10.1 Å². The summed E-state index contributed by atoms with van der Waals surface area (Å²) in [5.74, 6) is 1.46. The predicted molar refractivity (Wildman–Crippen MR) is 112 cm³/mol. The van der Waals surface area contributed by atoms with Gasteiger partial charge in [-0.05, 0) is 30.8 Å². The van der Waals surface area contributed by atoms with E-state index in [4.69, 9.17) is 9.47 Å². The van der Waals surface area contributed by atoms with Crippen molar-refractivity contribution in [3.63, 3.8) is 0 Å². The molecule has 7 nitrogen and oxygen atoms in total. The van der Waals surface area contributed by atoms with Gasteiger partial charge < -0.3 is 14.8 Å². The van der Waals surface area contributed by atoms with Crippen molar-refractivity contribution in [1.82, 2.24) is 10.2 Å². The highest BCUT2D eigenvalue weighted by atomic mass is 32.2. The van der Waals surface area contributed by atoms with Crippen molar-refractivity contribution >= 4 is 39.7 Å². The lowest BCUT2D eigenvalue weighted by molar-refractivity contribution is -0.540. The zero-order valence-electron chi connectivity index (χ0n) is 15.5. The van der Waals surface area contributed by atoms with Crippen LogP contribution in [0.3, 0.4) is 0 Å². The number of H-pyrrole nitrogens is 1. The molecule has 0 fully saturated rings. The zero-order valence-corrected chi connectivity index (χ0v) is 17.1. The van der Waals surface area contributed by atoms with Crippen LogP contribution in [-0.4, -0.2) is 28.7 Å². The Labute approximate surface area is 174 Å². The van der Waals surface area contributed by atoms with Crippen molar-refractivity contribution in [2.75, 3.05) is 17.9 Å². The van der Waals surface area contributed by atoms with Crippen molar-refractivity contribution in [1.29, 1.82) is 0 Å². The molecule has 1 aliphatic rings. The van der Waals surface area contributed by atoms with Crippen molar-refractivity contribution in [3.8, 4) is 22.8 Å². The molecule has 0 atom stereocenters. The van der Waals surface area contributed by atoms with E-state index in [9.17, 15) is 4.79 Å². The van der Waals surface area contributed by atoms with Crippen LogP contribution in [0.5, 0.6) is 11.5 Å². The van der Waals surface area contributed by atoms with Gasteiger partial charge in [0.05, 0.1) is 10.9 Å². The highest BCUT2D eigenvalue weighted by molar-refractivity contribution is 7.99. The highest BCUT2D eigenvalue weighted by Crippen LogP contribution is 2.34. The molecular weight excluding hydrogens is 408 g/mol. The summed E-state index contributed by atoms with van der Waals surface area (Å²) in [6.07, 6.45) is 0. The zero-order chi connectivity index (χ0) is 19.8. The number of rotatable bonds is 5. The quantitative estimate of drug-likeness (QED) is 0.377.